The van der Waals surface area contributed by atoms with Gasteiger partial charge in [-0.1, -0.05) is 6.42 Å². The normalized spacial score (nSPS) is 20.4. The Morgan fingerprint density at radius 1 is 1.47 bits per heavy atom. The molecule has 1 aliphatic rings. The predicted molar refractivity (Wildman–Crippen MR) is 79.1 cm³/mol. The van der Waals surface area contributed by atoms with Gasteiger partial charge in [0.25, 0.3) is 0 Å². The van der Waals surface area contributed by atoms with E-state index in [2.05, 4.69) is 42.3 Å². The topological polar surface area (TPSA) is 33.1 Å². The molecule has 0 aromatic carbocycles. The quantitative estimate of drug-likeness (QED) is 0.884. The largest absolute Gasteiger partial charge is 0.313 e. The molecule has 108 valence electrons. The van der Waals surface area contributed by atoms with Crippen LogP contribution in [0.15, 0.2) is 6.20 Å². The van der Waals surface area contributed by atoms with Crippen LogP contribution in [0.5, 0.6) is 0 Å². The monoisotopic (exact) mass is 264 g/mol. The maximum absolute atomic E-state index is 4.44. The summed E-state index contributed by atoms with van der Waals surface area (Å²) in [4.78, 5) is 2.56. The lowest BCUT2D eigenvalue weighted by Gasteiger charge is -2.33. The van der Waals surface area contributed by atoms with E-state index in [9.17, 15) is 0 Å². The fourth-order valence-electron chi connectivity index (χ4n) is 2.84. The van der Waals surface area contributed by atoms with Gasteiger partial charge in [-0.05, 0) is 40.2 Å². The van der Waals surface area contributed by atoms with E-state index in [-0.39, 0.29) is 0 Å². The van der Waals surface area contributed by atoms with Crippen LogP contribution in [0.2, 0.25) is 0 Å². The molecular formula is C15H28N4. The highest BCUT2D eigenvalue weighted by Crippen LogP contribution is 2.15. The number of nitrogens with zero attached hydrogens (tertiary/aromatic N) is 3. The van der Waals surface area contributed by atoms with Gasteiger partial charge in [0.05, 0.1) is 5.69 Å². The highest BCUT2D eigenvalue weighted by molar-refractivity contribution is 5.15. The molecule has 0 amide bonds. The lowest BCUT2D eigenvalue weighted by Crippen LogP contribution is -2.45. The molecule has 19 heavy (non-hydrogen) atoms. The Kier molecular flexibility index (Phi) is 4.99. The number of rotatable bonds is 5. The molecule has 0 radical (unpaired) electrons. The van der Waals surface area contributed by atoms with Gasteiger partial charge in [-0.3, -0.25) is 9.58 Å². The lowest BCUT2D eigenvalue weighted by molar-refractivity contribution is 0.177. The average molecular weight is 264 g/mol. The zero-order chi connectivity index (χ0) is 13.8. The van der Waals surface area contributed by atoms with Crippen molar-refractivity contribution >= 4 is 0 Å². The molecule has 0 aliphatic carbocycles. The van der Waals surface area contributed by atoms with Crippen LogP contribution in [0.25, 0.3) is 0 Å². The minimum absolute atomic E-state index is 0.573. The summed E-state index contributed by atoms with van der Waals surface area (Å²) in [5, 5.41) is 8.09. The van der Waals surface area contributed by atoms with Crippen LogP contribution in [-0.2, 0) is 13.6 Å². The zero-order valence-electron chi connectivity index (χ0n) is 12.8. The Bertz CT molecular complexity index is 391. The molecule has 2 rings (SSSR count). The van der Waals surface area contributed by atoms with E-state index in [0.29, 0.717) is 12.1 Å². The van der Waals surface area contributed by atoms with Gasteiger partial charge in [-0.15, -0.1) is 0 Å². The van der Waals surface area contributed by atoms with Crippen LogP contribution in [0, 0.1) is 6.92 Å². The highest BCUT2D eigenvalue weighted by Gasteiger charge is 2.19. The van der Waals surface area contributed by atoms with Gasteiger partial charge in [0, 0.05) is 44.0 Å². The van der Waals surface area contributed by atoms with Gasteiger partial charge in [0.15, 0.2) is 0 Å². The van der Waals surface area contributed by atoms with Gasteiger partial charge in [0.1, 0.15) is 0 Å². The second-order valence-corrected chi connectivity index (χ2v) is 6.08. The summed E-state index contributed by atoms with van der Waals surface area (Å²) in [6.07, 6.45) is 6.17. The van der Waals surface area contributed by atoms with Crippen LogP contribution in [0.4, 0.5) is 0 Å². The van der Waals surface area contributed by atoms with E-state index in [0.717, 1.165) is 18.8 Å². The number of piperidine rings is 1. The third kappa shape index (κ3) is 4.05. The van der Waals surface area contributed by atoms with Crippen LogP contribution in [0.1, 0.15) is 44.4 Å². The van der Waals surface area contributed by atoms with Crippen LogP contribution in [-0.4, -0.2) is 39.9 Å². The van der Waals surface area contributed by atoms with E-state index < -0.39 is 0 Å². The first-order chi connectivity index (χ1) is 9.06. The van der Waals surface area contributed by atoms with Crippen molar-refractivity contribution in [2.75, 3.05) is 13.1 Å². The minimum atomic E-state index is 0.573. The molecule has 0 spiro atoms. The fourth-order valence-corrected chi connectivity index (χ4v) is 2.84. The second kappa shape index (κ2) is 6.53. The summed E-state index contributed by atoms with van der Waals surface area (Å²) in [6.45, 7) is 10.0. The predicted octanol–water partition coefficient (Wildman–Crippen LogP) is 2.08. The van der Waals surface area contributed by atoms with Crippen molar-refractivity contribution in [3.63, 3.8) is 0 Å². The Balaban J connectivity index is 1.97. The molecule has 0 saturated carbocycles. The van der Waals surface area contributed by atoms with Crippen molar-refractivity contribution < 1.29 is 0 Å². The molecule has 1 saturated heterocycles. The molecule has 4 heteroatoms. The summed E-state index contributed by atoms with van der Waals surface area (Å²) < 4.78 is 1.92. The van der Waals surface area contributed by atoms with Gasteiger partial charge in [-0.25, -0.2) is 0 Å². The standard InChI is InChI=1S/C15H28N4/c1-12(2)19(11-15-7-5-6-8-16-15)10-14-9-18(4)17-13(14)3/h9,12,15-16H,5-8,10-11H2,1-4H3. The van der Waals surface area contributed by atoms with Crippen LogP contribution in [0.3, 0.4) is 0 Å². The number of aromatic nitrogens is 2. The molecule has 4 nitrogen and oxygen atoms in total. The first kappa shape index (κ1) is 14.5. The summed E-state index contributed by atoms with van der Waals surface area (Å²) in [5.41, 5.74) is 2.51. The SMILES string of the molecule is Cc1nn(C)cc1CN(CC1CCCCN1)C(C)C. The molecular weight excluding hydrogens is 236 g/mol. The molecule has 0 bridgehead atoms. The molecule has 2 heterocycles. The number of aryl methyl sites for hydroxylation is 2. The third-order valence-electron chi connectivity index (χ3n) is 4.09. The number of nitrogens with one attached hydrogen (secondary N) is 1. The fraction of sp³-hybridized carbons (Fsp3) is 0.800. The Morgan fingerprint density at radius 2 is 2.26 bits per heavy atom. The van der Waals surface area contributed by atoms with Crippen molar-refractivity contribution in [3.8, 4) is 0 Å². The second-order valence-electron chi connectivity index (χ2n) is 6.08. The molecule has 1 unspecified atom stereocenters. The molecule has 1 aliphatic heterocycles. The van der Waals surface area contributed by atoms with Crippen LogP contribution >= 0.6 is 0 Å². The maximum atomic E-state index is 4.44. The Morgan fingerprint density at radius 3 is 2.79 bits per heavy atom. The summed E-state index contributed by atoms with van der Waals surface area (Å²) in [5.74, 6) is 0. The van der Waals surface area contributed by atoms with Gasteiger partial charge < -0.3 is 5.32 Å². The Labute approximate surface area is 117 Å². The summed E-state index contributed by atoms with van der Waals surface area (Å²) in [6, 6.07) is 1.23. The van der Waals surface area contributed by atoms with Crippen molar-refractivity contribution in [1.82, 2.24) is 20.0 Å². The summed E-state index contributed by atoms with van der Waals surface area (Å²) in [7, 11) is 2.00. The average Bonchev–Trinajstić information content (AvgIpc) is 2.68. The molecule has 1 atom stereocenters. The van der Waals surface area contributed by atoms with E-state index in [4.69, 9.17) is 0 Å². The third-order valence-corrected chi connectivity index (χ3v) is 4.09. The van der Waals surface area contributed by atoms with E-state index in [1.807, 2.05) is 11.7 Å². The van der Waals surface area contributed by atoms with Crippen molar-refractivity contribution in [1.29, 1.82) is 0 Å². The number of hydrogen-bond donors (Lipinski definition) is 1. The van der Waals surface area contributed by atoms with Crippen LogP contribution < -0.4 is 5.32 Å². The molecule has 1 N–H and O–H groups in total. The van der Waals surface area contributed by atoms with Crippen molar-refractivity contribution in [3.05, 3.63) is 17.5 Å². The Hall–Kier alpha value is -0.870. The lowest BCUT2D eigenvalue weighted by atomic mass is 10.0. The molecule has 1 aromatic rings. The smallest absolute Gasteiger partial charge is 0.0638 e. The zero-order valence-corrected chi connectivity index (χ0v) is 12.8. The summed E-state index contributed by atoms with van der Waals surface area (Å²) >= 11 is 0. The van der Waals surface area contributed by atoms with Gasteiger partial charge in [0.2, 0.25) is 0 Å². The number of hydrogen-bond acceptors (Lipinski definition) is 3. The minimum Gasteiger partial charge on any atom is -0.313 e. The van der Waals surface area contributed by atoms with E-state index in [1.54, 1.807) is 0 Å². The van der Waals surface area contributed by atoms with Crippen molar-refractivity contribution in [2.45, 2.75) is 58.7 Å². The van der Waals surface area contributed by atoms with Gasteiger partial charge in [-0.2, -0.15) is 5.10 Å². The van der Waals surface area contributed by atoms with E-state index in [1.165, 1.54) is 31.4 Å². The van der Waals surface area contributed by atoms with Gasteiger partial charge >= 0.3 is 0 Å². The first-order valence-electron chi connectivity index (χ1n) is 7.53. The molecule has 1 aromatic heterocycles. The van der Waals surface area contributed by atoms with Crippen molar-refractivity contribution in [2.24, 2.45) is 7.05 Å². The first-order valence-corrected chi connectivity index (χ1v) is 7.53. The van der Waals surface area contributed by atoms with E-state index >= 15 is 0 Å². The molecule has 1 fully saturated rings. The maximum Gasteiger partial charge on any atom is 0.0638 e. The highest BCUT2D eigenvalue weighted by atomic mass is 15.3.